The molecule has 3 aromatic heterocycles. The molecule has 208 valence electrons. The number of hydrogen-bond donors (Lipinski definition) is 1. The van der Waals surface area contributed by atoms with Crippen LogP contribution in [-0.2, 0) is 17.8 Å². The number of aromatic nitrogens is 4. The molecule has 0 spiro atoms. The third kappa shape index (κ3) is 3.85. The normalized spacial score (nSPS) is 26.0. The van der Waals surface area contributed by atoms with Gasteiger partial charge in [0.2, 0.25) is 0 Å². The van der Waals surface area contributed by atoms with Crippen molar-refractivity contribution in [1.82, 2.24) is 24.0 Å². The van der Waals surface area contributed by atoms with Gasteiger partial charge in [-0.3, -0.25) is 4.79 Å². The standard InChI is InChI=1S/C31H36N6O3/c1-39-26-13-22(31(38)36-16-21-6-7-24(36)27(21)32)11-23-28(26)37(15-19-8-10-40-17-19)30(34-23)25-12-20-3-2-9-33-29(20)35(25)14-18-4-5-18/h2-3,9,11-13,18-19,21,24,27H,4-8,10,14-17,32H2,1H3/t19-,21+,24?,27?/m0/s1. The van der Waals surface area contributed by atoms with Crippen molar-refractivity contribution in [1.29, 1.82) is 0 Å². The van der Waals surface area contributed by atoms with Gasteiger partial charge in [-0.15, -0.1) is 0 Å². The van der Waals surface area contributed by atoms with Gasteiger partial charge < -0.3 is 29.2 Å². The van der Waals surface area contributed by atoms with Crippen LogP contribution >= 0.6 is 0 Å². The van der Waals surface area contributed by atoms with Gasteiger partial charge in [-0.2, -0.15) is 0 Å². The highest BCUT2D eigenvalue weighted by Crippen LogP contribution is 2.40. The molecule has 4 atom stereocenters. The number of methoxy groups -OCH3 is 1. The maximum atomic E-state index is 13.8. The molecule has 5 heterocycles. The average molecular weight is 541 g/mol. The number of likely N-dealkylation sites (tertiary alicyclic amines) is 1. The van der Waals surface area contributed by atoms with E-state index in [1.54, 1.807) is 7.11 Å². The second-order valence-electron chi connectivity index (χ2n) is 12.3. The van der Waals surface area contributed by atoms with Crippen LogP contribution in [0.5, 0.6) is 5.75 Å². The Balaban J connectivity index is 1.29. The van der Waals surface area contributed by atoms with Gasteiger partial charge in [0, 0.05) is 61.4 Å². The Morgan fingerprint density at radius 1 is 1.10 bits per heavy atom. The zero-order chi connectivity index (χ0) is 27.0. The summed E-state index contributed by atoms with van der Waals surface area (Å²) in [5.41, 5.74) is 10.8. The molecule has 1 amide bonds. The summed E-state index contributed by atoms with van der Waals surface area (Å²) in [5, 5.41) is 1.12. The second kappa shape index (κ2) is 9.31. The number of hydrogen-bond acceptors (Lipinski definition) is 6. The summed E-state index contributed by atoms with van der Waals surface area (Å²) in [7, 11) is 1.68. The van der Waals surface area contributed by atoms with Crippen LogP contribution in [-0.4, -0.2) is 68.9 Å². The molecule has 2 N–H and O–H groups in total. The number of benzene rings is 1. The lowest BCUT2D eigenvalue weighted by molar-refractivity contribution is 0.0700. The molecular formula is C31H36N6O3. The van der Waals surface area contributed by atoms with Crippen LogP contribution in [0.15, 0.2) is 36.5 Å². The Labute approximate surface area is 233 Å². The van der Waals surface area contributed by atoms with E-state index in [0.29, 0.717) is 29.1 Å². The number of ether oxygens (including phenoxy) is 2. The Hall–Kier alpha value is -3.43. The maximum Gasteiger partial charge on any atom is 0.254 e. The first-order valence-electron chi connectivity index (χ1n) is 14.8. The molecule has 2 saturated heterocycles. The SMILES string of the molecule is COc1cc(C(=O)N2C[C@H]3CCC2C3N)cc2nc(-c3cc4cccnc4n3CC3CC3)n(C[C@@H]3CCOC3)c12. The van der Waals surface area contributed by atoms with E-state index in [9.17, 15) is 4.79 Å². The van der Waals surface area contributed by atoms with Gasteiger partial charge >= 0.3 is 0 Å². The predicted octanol–water partition coefficient (Wildman–Crippen LogP) is 4.07. The number of fused-ring (bicyclic) bond motifs is 4. The van der Waals surface area contributed by atoms with Crippen LogP contribution in [0.25, 0.3) is 33.6 Å². The average Bonchev–Trinajstić information content (AvgIpc) is 3.34. The fourth-order valence-corrected chi connectivity index (χ4v) is 7.33. The summed E-state index contributed by atoms with van der Waals surface area (Å²) in [6.07, 6.45) is 7.49. The van der Waals surface area contributed by atoms with Gasteiger partial charge in [0.05, 0.1) is 24.9 Å². The van der Waals surface area contributed by atoms with Crippen molar-refractivity contribution >= 4 is 28.0 Å². The van der Waals surface area contributed by atoms with Crippen molar-refractivity contribution in [3.05, 3.63) is 42.1 Å². The zero-order valence-corrected chi connectivity index (χ0v) is 23.0. The smallest absolute Gasteiger partial charge is 0.254 e. The largest absolute Gasteiger partial charge is 0.494 e. The number of piperidine rings is 1. The number of pyridine rings is 1. The number of amides is 1. The Morgan fingerprint density at radius 3 is 2.70 bits per heavy atom. The lowest BCUT2D eigenvalue weighted by atomic mass is 10.1. The molecule has 4 fully saturated rings. The molecule has 2 aliphatic heterocycles. The number of carbonyl (C=O) groups is 1. The third-order valence-corrected chi connectivity index (χ3v) is 9.67. The highest BCUT2D eigenvalue weighted by atomic mass is 16.5. The lowest BCUT2D eigenvalue weighted by Crippen LogP contribution is -2.41. The van der Waals surface area contributed by atoms with Crippen molar-refractivity contribution in [3.8, 4) is 17.3 Å². The summed E-state index contributed by atoms with van der Waals surface area (Å²) in [6.45, 7) is 3.97. The fraction of sp³-hybridized carbons (Fsp3) is 0.516. The van der Waals surface area contributed by atoms with Gasteiger partial charge in [0.15, 0.2) is 5.82 Å². The number of rotatable bonds is 7. The number of nitrogens with two attached hydrogens (primary N) is 1. The molecule has 9 nitrogen and oxygen atoms in total. The van der Waals surface area contributed by atoms with Crippen LogP contribution in [0.4, 0.5) is 0 Å². The van der Waals surface area contributed by atoms with E-state index < -0.39 is 0 Å². The molecule has 9 heteroatoms. The van der Waals surface area contributed by atoms with E-state index in [1.807, 2.05) is 29.3 Å². The number of carbonyl (C=O) groups excluding carboxylic acids is 1. The molecule has 2 unspecified atom stereocenters. The van der Waals surface area contributed by atoms with Crippen molar-refractivity contribution in [3.63, 3.8) is 0 Å². The summed E-state index contributed by atoms with van der Waals surface area (Å²) in [5.74, 6) is 3.07. The highest BCUT2D eigenvalue weighted by molar-refractivity contribution is 6.00. The van der Waals surface area contributed by atoms with E-state index in [-0.39, 0.29) is 18.0 Å². The molecule has 2 saturated carbocycles. The molecule has 2 aliphatic carbocycles. The van der Waals surface area contributed by atoms with Crippen LogP contribution in [0, 0.1) is 17.8 Å². The zero-order valence-electron chi connectivity index (χ0n) is 23.0. The van der Waals surface area contributed by atoms with E-state index in [4.69, 9.17) is 25.2 Å². The van der Waals surface area contributed by atoms with Crippen molar-refractivity contribution in [2.75, 3.05) is 26.9 Å². The summed E-state index contributed by atoms with van der Waals surface area (Å²) in [6, 6.07) is 10.4. The molecule has 4 aromatic rings. The van der Waals surface area contributed by atoms with E-state index >= 15 is 0 Å². The lowest BCUT2D eigenvalue weighted by Gasteiger charge is -2.27. The van der Waals surface area contributed by atoms with Crippen molar-refractivity contribution in [2.24, 2.45) is 23.5 Å². The monoisotopic (exact) mass is 540 g/mol. The van der Waals surface area contributed by atoms with Crippen LogP contribution < -0.4 is 10.5 Å². The minimum Gasteiger partial charge on any atom is -0.494 e. The minimum absolute atomic E-state index is 0.0233. The molecule has 0 radical (unpaired) electrons. The van der Waals surface area contributed by atoms with E-state index in [1.165, 1.54) is 12.8 Å². The van der Waals surface area contributed by atoms with Crippen LogP contribution in [0.2, 0.25) is 0 Å². The summed E-state index contributed by atoms with van der Waals surface area (Å²) < 4.78 is 16.4. The Morgan fingerprint density at radius 2 is 1.98 bits per heavy atom. The molecule has 8 rings (SSSR count). The Bertz CT molecular complexity index is 1610. The summed E-state index contributed by atoms with van der Waals surface area (Å²) in [4.78, 5) is 25.8. The van der Waals surface area contributed by atoms with Crippen molar-refractivity contribution in [2.45, 2.75) is 57.3 Å². The fourth-order valence-electron chi connectivity index (χ4n) is 7.33. The Kier molecular flexibility index (Phi) is 5.67. The third-order valence-electron chi connectivity index (χ3n) is 9.67. The van der Waals surface area contributed by atoms with Crippen molar-refractivity contribution < 1.29 is 14.3 Å². The van der Waals surface area contributed by atoms with Gasteiger partial charge in [-0.1, -0.05) is 0 Å². The molecule has 1 aromatic carbocycles. The van der Waals surface area contributed by atoms with E-state index in [0.717, 1.165) is 85.7 Å². The molecule has 2 bridgehead atoms. The molecule has 40 heavy (non-hydrogen) atoms. The van der Waals surface area contributed by atoms with Crippen LogP contribution in [0.3, 0.4) is 0 Å². The minimum atomic E-state index is 0.0233. The maximum absolute atomic E-state index is 13.8. The molecular weight excluding hydrogens is 504 g/mol. The highest BCUT2D eigenvalue weighted by Gasteiger charge is 2.47. The van der Waals surface area contributed by atoms with Crippen LogP contribution in [0.1, 0.15) is 42.5 Å². The first-order valence-corrected chi connectivity index (χ1v) is 14.8. The van der Waals surface area contributed by atoms with Gasteiger partial charge in [0.25, 0.3) is 5.91 Å². The number of imidazole rings is 1. The number of nitrogens with zero attached hydrogens (tertiary/aromatic N) is 5. The first kappa shape index (κ1) is 24.4. The van der Waals surface area contributed by atoms with Gasteiger partial charge in [-0.25, -0.2) is 9.97 Å². The first-order chi connectivity index (χ1) is 19.6. The predicted molar refractivity (Wildman–Crippen MR) is 152 cm³/mol. The second-order valence-corrected chi connectivity index (χ2v) is 12.3. The summed E-state index contributed by atoms with van der Waals surface area (Å²) >= 11 is 0. The quantitative estimate of drug-likeness (QED) is 0.379. The topological polar surface area (TPSA) is 100 Å². The van der Waals surface area contributed by atoms with Gasteiger partial charge in [0.1, 0.15) is 16.9 Å². The van der Waals surface area contributed by atoms with E-state index in [2.05, 4.69) is 21.3 Å². The molecule has 4 aliphatic rings. The van der Waals surface area contributed by atoms with Gasteiger partial charge in [-0.05, 0) is 74.3 Å².